The topological polar surface area (TPSA) is 84.5 Å². The Morgan fingerprint density at radius 2 is 2.07 bits per heavy atom. The van der Waals surface area contributed by atoms with E-state index < -0.39 is 0 Å². The lowest BCUT2D eigenvalue weighted by Crippen LogP contribution is -2.49. The molecule has 5 heterocycles. The lowest BCUT2D eigenvalue weighted by molar-refractivity contribution is 0.0769. The molecule has 29 heavy (non-hydrogen) atoms. The zero-order valence-corrected chi connectivity index (χ0v) is 17.4. The van der Waals surface area contributed by atoms with Crippen molar-refractivity contribution in [3.63, 3.8) is 0 Å². The van der Waals surface area contributed by atoms with Gasteiger partial charge in [-0.3, -0.25) is 9.59 Å². The minimum Gasteiger partial charge on any atom is -0.337 e. The molecule has 0 N–H and O–H groups in total. The smallest absolute Gasteiger partial charge is 0.266 e. The number of carbonyl (C=O) groups excluding carboxylic acids is 1. The second-order valence-corrected chi connectivity index (χ2v) is 9.26. The Kier molecular flexibility index (Phi) is 4.85. The van der Waals surface area contributed by atoms with Gasteiger partial charge in [-0.25, -0.2) is 0 Å². The summed E-state index contributed by atoms with van der Waals surface area (Å²) >= 11 is 1.85. The summed E-state index contributed by atoms with van der Waals surface area (Å²) in [6.45, 7) is 5.62. The molecule has 0 unspecified atom stereocenters. The predicted molar refractivity (Wildman–Crippen MR) is 111 cm³/mol. The summed E-state index contributed by atoms with van der Waals surface area (Å²) in [5.41, 5.74) is 1.19. The lowest BCUT2D eigenvalue weighted by Gasteiger charge is -2.42. The Labute approximate surface area is 173 Å². The number of carbonyl (C=O) groups is 1. The molecule has 0 aliphatic carbocycles. The van der Waals surface area contributed by atoms with Crippen LogP contribution < -0.4 is 10.5 Å². The van der Waals surface area contributed by atoms with Gasteiger partial charge in [-0.05, 0) is 29.6 Å². The summed E-state index contributed by atoms with van der Waals surface area (Å²) in [6, 6.07) is 3.71. The number of amides is 1. The number of anilines is 1. The van der Waals surface area contributed by atoms with Gasteiger partial charge in [0.25, 0.3) is 17.4 Å². The van der Waals surface area contributed by atoms with Crippen LogP contribution in [0, 0.1) is 5.92 Å². The molecular formula is C20H25N5O3S. The molecule has 0 radical (unpaired) electrons. The zero-order valence-electron chi connectivity index (χ0n) is 16.5. The van der Waals surface area contributed by atoms with Crippen molar-refractivity contribution in [1.29, 1.82) is 0 Å². The van der Waals surface area contributed by atoms with Gasteiger partial charge in [0.05, 0.1) is 0 Å². The molecule has 0 spiro atoms. The van der Waals surface area contributed by atoms with Crippen molar-refractivity contribution in [2.45, 2.75) is 32.2 Å². The fourth-order valence-electron chi connectivity index (χ4n) is 4.73. The standard InChI is InChI=1S/C20H25N5O3S/c1-2-17-21-20(22-28-17)24-10-13-9-14(12-24)16-4-3-15(19(27)25(16)11-13)18(26)23-5-7-29-8-6-23/h3-4,13-14H,2,5-12H2,1H3/t13-,14+/m0/s1. The minimum atomic E-state index is -0.137. The summed E-state index contributed by atoms with van der Waals surface area (Å²) in [5.74, 6) is 3.60. The Morgan fingerprint density at radius 3 is 2.83 bits per heavy atom. The Bertz CT molecular complexity index is 981. The van der Waals surface area contributed by atoms with Crippen LogP contribution in [0.25, 0.3) is 0 Å². The Hall–Kier alpha value is -2.29. The van der Waals surface area contributed by atoms with Crippen molar-refractivity contribution in [1.82, 2.24) is 19.6 Å². The summed E-state index contributed by atoms with van der Waals surface area (Å²) in [5, 5.41) is 4.12. The van der Waals surface area contributed by atoms with Crippen molar-refractivity contribution < 1.29 is 9.32 Å². The maximum Gasteiger partial charge on any atom is 0.266 e. The first-order chi connectivity index (χ1) is 14.1. The predicted octanol–water partition coefficient (Wildman–Crippen LogP) is 1.61. The molecule has 8 nitrogen and oxygen atoms in total. The van der Waals surface area contributed by atoms with Gasteiger partial charge in [-0.1, -0.05) is 6.92 Å². The maximum atomic E-state index is 13.2. The van der Waals surface area contributed by atoms with E-state index >= 15 is 0 Å². The molecule has 0 saturated carbocycles. The van der Waals surface area contributed by atoms with E-state index in [9.17, 15) is 9.59 Å². The summed E-state index contributed by atoms with van der Waals surface area (Å²) in [6.07, 6.45) is 1.77. The van der Waals surface area contributed by atoms with Crippen LogP contribution in [-0.2, 0) is 13.0 Å². The molecule has 9 heteroatoms. The van der Waals surface area contributed by atoms with Crippen LogP contribution >= 0.6 is 11.8 Å². The molecule has 2 bridgehead atoms. The van der Waals surface area contributed by atoms with Gasteiger partial charge in [0.1, 0.15) is 5.56 Å². The van der Waals surface area contributed by atoms with E-state index in [0.717, 1.165) is 56.2 Å². The molecule has 5 rings (SSSR count). The van der Waals surface area contributed by atoms with Gasteiger partial charge < -0.3 is 18.9 Å². The van der Waals surface area contributed by atoms with Crippen LogP contribution in [0.1, 0.15) is 41.2 Å². The fraction of sp³-hybridized carbons (Fsp3) is 0.600. The molecular weight excluding hydrogens is 390 g/mol. The van der Waals surface area contributed by atoms with E-state index in [2.05, 4.69) is 15.0 Å². The molecule has 3 aliphatic heterocycles. The van der Waals surface area contributed by atoms with Gasteiger partial charge in [0.2, 0.25) is 5.89 Å². The molecule has 154 valence electrons. The van der Waals surface area contributed by atoms with E-state index in [0.29, 0.717) is 29.9 Å². The third-order valence-electron chi connectivity index (χ3n) is 6.18. The fourth-order valence-corrected chi connectivity index (χ4v) is 5.63. The van der Waals surface area contributed by atoms with Crippen LogP contribution in [0.5, 0.6) is 0 Å². The molecule has 2 aromatic rings. The van der Waals surface area contributed by atoms with Crippen LogP contribution in [0.15, 0.2) is 21.5 Å². The first-order valence-electron chi connectivity index (χ1n) is 10.3. The van der Waals surface area contributed by atoms with Crippen molar-refractivity contribution >= 4 is 23.6 Å². The molecule has 2 atom stereocenters. The number of hydrogen-bond donors (Lipinski definition) is 0. The Morgan fingerprint density at radius 1 is 1.24 bits per heavy atom. The van der Waals surface area contributed by atoms with Gasteiger partial charge in [-0.2, -0.15) is 16.7 Å². The van der Waals surface area contributed by atoms with Crippen molar-refractivity contribution in [2.24, 2.45) is 5.92 Å². The molecule has 3 aliphatic rings. The van der Waals surface area contributed by atoms with Gasteiger partial charge in [0, 0.05) is 62.3 Å². The number of hydrogen-bond acceptors (Lipinski definition) is 7. The maximum absolute atomic E-state index is 13.2. The lowest BCUT2D eigenvalue weighted by atomic mass is 9.83. The zero-order chi connectivity index (χ0) is 20.0. The number of pyridine rings is 1. The SMILES string of the molecule is CCc1nc(N2C[C@@H]3C[C@H](C2)c2ccc(C(=O)N4CCSCC4)c(=O)n2C3)no1. The highest BCUT2D eigenvalue weighted by molar-refractivity contribution is 7.99. The van der Waals surface area contributed by atoms with E-state index in [4.69, 9.17) is 4.52 Å². The molecule has 1 amide bonds. The van der Waals surface area contributed by atoms with Crippen molar-refractivity contribution in [3.05, 3.63) is 39.6 Å². The van der Waals surface area contributed by atoms with E-state index in [1.807, 2.05) is 34.2 Å². The van der Waals surface area contributed by atoms with E-state index in [1.54, 1.807) is 6.07 Å². The molecule has 2 saturated heterocycles. The highest BCUT2D eigenvalue weighted by atomic mass is 32.2. The number of nitrogens with zero attached hydrogens (tertiary/aromatic N) is 5. The summed E-state index contributed by atoms with van der Waals surface area (Å²) in [7, 11) is 0. The highest BCUT2D eigenvalue weighted by Gasteiger charge is 2.37. The first-order valence-corrected chi connectivity index (χ1v) is 11.5. The normalized spacial score (nSPS) is 23.8. The van der Waals surface area contributed by atoms with Crippen LogP contribution in [0.3, 0.4) is 0 Å². The Balaban J connectivity index is 1.42. The van der Waals surface area contributed by atoms with Crippen LogP contribution in [0.2, 0.25) is 0 Å². The molecule has 2 aromatic heterocycles. The second-order valence-electron chi connectivity index (χ2n) is 8.04. The van der Waals surface area contributed by atoms with Crippen LogP contribution in [0.4, 0.5) is 5.95 Å². The third kappa shape index (κ3) is 3.35. The van der Waals surface area contributed by atoms with Crippen LogP contribution in [-0.4, -0.2) is 63.2 Å². The molecule has 0 aromatic carbocycles. The van der Waals surface area contributed by atoms with Gasteiger partial charge in [0.15, 0.2) is 0 Å². The van der Waals surface area contributed by atoms with Crippen molar-refractivity contribution in [2.75, 3.05) is 42.6 Å². The highest BCUT2D eigenvalue weighted by Crippen LogP contribution is 2.36. The average molecular weight is 416 g/mol. The number of piperidine rings is 1. The minimum absolute atomic E-state index is 0.123. The summed E-state index contributed by atoms with van der Waals surface area (Å²) in [4.78, 5) is 34.5. The van der Waals surface area contributed by atoms with E-state index in [1.165, 1.54) is 0 Å². The van der Waals surface area contributed by atoms with Crippen molar-refractivity contribution in [3.8, 4) is 0 Å². The second kappa shape index (κ2) is 7.51. The number of aryl methyl sites for hydroxylation is 1. The molecule has 2 fully saturated rings. The average Bonchev–Trinajstić information content (AvgIpc) is 3.24. The third-order valence-corrected chi connectivity index (χ3v) is 7.12. The number of fused-ring (bicyclic) bond motifs is 4. The number of aromatic nitrogens is 3. The number of rotatable bonds is 3. The quantitative estimate of drug-likeness (QED) is 0.753. The van der Waals surface area contributed by atoms with Gasteiger partial charge >= 0.3 is 0 Å². The van der Waals surface area contributed by atoms with Gasteiger partial charge in [-0.15, -0.1) is 0 Å². The summed E-state index contributed by atoms with van der Waals surface area (Å²) < 4.78 is 7.12. The largest absolute Gasteiger partial charge is 0.337 e. The van der Waals surface area contributed by atoms with E-state index in [-0.39, 0.29) is 17.4 Å². The first kappa shape index (κ1) is 18.7. The number of thioether (sulfide) groups is 1. The monoisotopic (exact) mass is 415 g/mol.